The molecule has 27 heavy (non-hydrogen) atoms. The molecule has 1 aliphatic carbocycles. The fourth-order valence-corrected chi connectivity index (χ4v) is 3.89. The number of benzene rings is 1. The van der Waals surface area contributed by atoms with Crippen LogP contribution in [0, 0.1) is 23.2 Å². The van der Waals surface area contributed by atoms with Gasteiger partial charge in [-0.25, -0.2) is 0 Å². The van der Waals surface area contributed by atoms with Crippen LogP contribution >= 0.6 is 0 Å². The van der Waals surface area contributed by atoms with Crippen molar-refractivity contribution in [3.05, 3.63) is 77.4 Å². The number of pyridine rings is 1. The summed E-state index contributed by atoms with van der Waals surface area (Å²) in [7, 11) is 0. The lowest BCUT2D eigenvalue weighted by Crippen LogP contribution is -2.24. The molecular weight excluding hydrogens is 332 g/mol. The first-order valence-corrected chi connectivity index (χ1v) is 9.33. The zero-order chi connectivity index (χ0) is 18.8. The van der Waals surface area contributed by atoms with E-state index < -0.39 is 0 Å². The molecule has 2 heterocycles. The molecule has 4 nitrogen and oxygen atoms in total. The highest BCUT2D eigenvalue weighted by molar-refractivity contribution is 5.70. The van der Waals surface area contributed by atoms with Crippen LogP contribution in [-0.4, -0.2) is 15.2 Å². The Morgan fingerprint density at radius 1 is 1.15 bits per heavy atom. The number of rotatable bonds is 3. The second kappa shape index (κ2) is 7.20. The predicted octanol–water partition coefficient (Wildman–Crippen LogP) is 4.97. The van der Waals surface area contributed by atoms with E-state index in [9.17, 15) is 5.26 Å². The molecule has 0 spiro atoms. The van der Waals surface area contributed by atoms with Gasteiger partial charge in [-0.15, -0.1) is 0 Å². The highest BCUT2D eigenvalue weighted by Crippen LogP contribution is 2.39. The number of hydrogen-bond donors (Lipinski definition) is 1. The summed E-state index contributed by atoms with van der Waals surface area (Å²) in [5.41, 5.74) is 6.02. The Kier molecular flexibility index (Phi) is 4.60. The zero-order valence-electron chi connectivity index (χ0n) is 15.6. The maximum atomic E-state index is 9.28. The van der Waals surface area contributed by atoms with Crippen molar-refractivity contribution in [1.82, 2.24) is 15.2 Å². The quantitative estimate of drug-likeness (QED) is 0.722. The molecule has 1 aromatic carbocycles. The van der Waals surface area contributed by atoms with E-state index in [-0.39, 0.29) is 0 Å². The van der Waals surface area contributed by atoms with Crippen molar-refractivity contribution in [2.45, 2.75) is 26.2 Å². The SMILES string of the molecule is CC1Cc2cn[nH]c2C(C=Cc2ccc(-c3ccccc3C#N)cn2)C1C. The monoisotopic (exact) mass is 354 g/mol. The smallest absolute Gasteiger partial charge is 0.0998 e. The third-order valence-electron chi connectivity index (χ3n) is 5.71. The molecule has 0 saturated carbocycles. The van der Waals surface area contributed by atoms with Crippen LogP contribution in [0.1, 0.15) is 42.3 Å². The van der Waals surface area contributed by atoms with Crippen LogP contribution in [0.25, 0.3) is 17.2 Å². The summed E-state index contributed by atoms with van der Waals surface area (Å²) >= 11 is 0. The Morgan fingerprint density at radius 2 is 2.00 bits per heavy atom. The second-order valence-corrected chi connectivity index (χ2v) is 7.36. The van der Waals surface area contributed by atoms with Crippen molar-refractivity contribution in [3.8, 4) is 17.2 Å². The first kappa shape index (κ1) is 17.2. The number of nitriles is 1. The second-order valence-electron chi connectivity index (χ2n) is 7.36. The summed E-state index contributed by atoms with van der Waals surface area (Å²) in [6, 6.07) is 13.9. The van der Waals surface area contributed by atoms with Gasteiger partial charge in [0, 0.05) is 28.9 Å². The first-order valence-electron chi connectivity index (χ1n) is 9.33. The van der Waals surface area contributed by atoms with Crippen LogP contribution in [0.5, 0.6) is 0 Å². The molecule has 0 saturated heterocycles. The van der Waals surface area contributed by atoms with E-state index in [1.54, 1.807) is 0 Å². The normalized spacial score (nSPS) is 21.7. The van der Waals surface area contributed by atoms with Gasteiger partial charge in [0.05, 0.1) is 23.5 Å². The summed E-state index contributed by atoms with van der Waals surface area (Å²) in [4.78, 5) is 4.58. The van der Waals surface area contributed by atoms with Crippen LogP contribution in [0.3, 0.4) is 0 Å². The lowest BCUT2D eigenvalue weighted by Gasteiger charge is -2.31. The highest BCUT2D eigenvalue weighted by atomic mass is 15.1. The Hall–Kier alpha value is -3.19. The maximum Gasteiger partial charge on any atom is 0.0998 e. The number of aromatic nitrogens is 3. The van der Waals surface area contributed by atoms with Crippen LogP contribution in [0.15, 0.2) is 54.9 Å². The van der Waals surface area contributed by atoms with E-state index in [0.717, 1.165) is 23.2 Å². The van der Waals surface area contributed by atoms with Crippen molar-refractivity contribution in [2.75, 3.05) is 0 Å². The number of nitrogens with zero attached hydrogens (tertiary/aromatic N) is 3. The van der Waals surface area contributed by atoms with Crippen LogP contribution in [-0.2, 0) is 6.42 Å². The van der Waals surface area contributed by atoms with E-state index in [1.165, 1.54) is 11.3 Å². The minimum absolute atomic E-state index is 0.326. The maximum absolute atomic E-state index is 9.28. The molecule has 3 aromatic rings. The summed E-state index contributed by atoms with van der Waals surface area (Å²) in [6.07, 6.45) is 9.21. The van der Waals surface area contributed by atoms with Crippen molar-refractivity contribution in [2.24, 2.45) is 11.8 Å². The molecule has 2 aromatic heterocycles. The van der Waals surface area contributed by atoms with E-state index >= 15 is 0 Å². The Labute approximate surface area is 159 Å². The van der Waals surface area contributed by atoms with Crippen LogP contribution < -0.4 is 0 Å². The van der Waals surface area contributed by atoms with Gasteiger partial charge in [-0.05, 0) is 42.0 Å². The zero-order valence-corrected chi connectivity index (χ0v) is 15.6. The van der Waals surface area contributed by atoms with Crippen molar-refractivity contribution in [3.63, 3.8) is 0 Å². The number of allylic oxidation sites excluding steroid dienone is 1. The lowest BCUT2D eigenvalue weighted by atomic mass is 9.73. The third kappa shape index (κ3) is 3.29. The minimum Gasteiger partial charge on any atom is -0.282 e. The van der Waals surface area contributed by atoms with Gasteiger partial charge in [-0.2, -0.15) is 10.4 Å². The molecule has 0 amide bonds. The van der Waals surface area contributed by atoms with E-state index in [1.807, 2.05) is 48.8 Å². The summed E-state index contributed by atoms with van der Waals surface area (Å²) < 4.78 is 0. The Balaban J connectivity index is 1.58. The summed E-state index contributed by atoms with van der Waals surface area (Å²) in [6.45, 7) is 4.61. The topological polar surface area (TPSA) is 65.4 Å². The number of H-pyrrole nitrogens is 1. The molecule has 134 valence electrons. The number of hydrogen-bond acceptors (Lipinski definition) is 3. The largest absolute Gasteiger partial charge is 0.282 e. The first-order chi connectivity index (χ1) is 13.2. The molecule has 3 atom stereocenters. The van der Waals surface area contributed by atoms with Crippen LogP contribution in [0.4, 0.5) is 0 Å². The minimum atomic E-state index is 0.326. The lowest BCUT2D eigenvalue weighted by molar-refractivity contribution is 0.328. The molecule has 3 unspecified atom stereocenters. The van der Waals surface area contributed by atoms with Gasteiger partial charge in [0.2, 0.25) is 0 Å². The van der Waals surface area contributed by atoms with Gasteiger partial charge >= 0.3 is 0 Å². The van der Waals surface area contributed by atoms with Gasteiger partial charge in [0.1, 0.15) is 0 Å². The number of fused-ring (bicyclic) bond motifs is 1. The number of aromatic amines is 1. The van der Waals surface area contributed by atoms with Gasteiger partial charge in [-0.1, -0.05) is 44.2 Å². The van der Waals surface area contributed by atoms with Crippen molar-refractivity contribution >= 4 is 6.08 Å². The van der Waals surface area contributed by atoms with Gasteiger partial charge in [-0.3, -0.25) is 10.1 Å². The fourth-order valence-electron chi connectivity index (χ4n) is 3.89. The van der Waals surface area contributed by atoms with Crippen LogP contribution in [0.2, 0.25) is 0 Å². The number of nitrogens with one attached hydrogen (secondary N) is 1. The molecule has 1 N–H and O–H groups in total. The summed E-state index contributed by atoms with van der Waals surface area (Å²) in [5, 5.41) is 16.7. The Bertz CT molecular complexity index is 1010. The molecular formula is C23H22N4. The van der Waals surface area contributed by atoms with Gasteiger partial charge in [0.25, 0.3) is 0 Å². The van der Waals surface area contributed by atoms with Gasteiger partial charge in [0.15, 0.2) is 0 Å². The molecule has 0 fully saturated rings. The van der Waals surface area contributed by atoms with Crippen molar-refractivity contribution in [1.29, 1.82) is 5.26 Å². The molecule has 0 bridgehead atoms. The Morgan fingerprint density at radius 3 is 2.78 bits per heavy atom. The van der Waals surface area contributed by atoms with Gasteiger partial charge < -0.3 is 0 Å². The molecule has 4 rings (SSSR count). The van der Waals surface area contributed by atoms with E-state index in [0.29, 0.717) is 23.3 Å². The molecule has 1 aliphatic rings. The third-order valence-corrected chi connectivity index (χ3v) is 5.71. The average molecular weight is 354 g/mol. The predicted molar refractivity (Wildman–Crippen MR) is 107 cm³/mol. The van der Waals surface area contributed by atoms with E-state index in [2.05, 4.69) is 47.3 Å². The molecule has 4 heteroatoms. The standard InChI is InChI=1S/C23H22N4/c1-15-11-19-14-26-27-23(19)21(16(15)2)10-9-20-8-7-18(13-25-20)22-6-4-3-5-17(22)12-24/h3-10,13-16,21H,11H2,1-2H3,(H,26,27). The van der Waals surface area contributed by atoms with E-state index in [4.69, 9.17) is 0 Å². The van der Waals surface area contributed by atoms with Crippen molar-refractivity contribution < 1.29 is 0 Å². The summed E-state index contributed by atoms with van der Waals surface area (Å²) in [5.74, 6) is 1.51. The fraction of sp³-hybridized carbons (Fsp3) is 0.261. The molecule has 0 aliphatic heterocycles. The average Bonchev–Trinajstić information content (AvgIpc) is 3.16. The molecule has 0 radical (unpaired) electrons. The highest BCUT2D eigenvalue weighted by Gasteiger charge is 2.31.